The normalized spacial score (nSPS) is 13.9. The molecule has 4 aromatic heterocycles. The zero-order valence-electron chi connectivity index (χ0n) is 13.1. The molecular formula is C16H14N8S. The number of hydrogen-bond donors (Lipinski definition) is 2. The first-order chi connectivity index (χ1) is 12.4. The van der Waals surface area contributed by atoms with E-state index in [1.165, 1.54) is 0 Å². The molecule has 0 spiro atoms. The van der Waals surface area contributed by atoms with Gasteiger partial charge in [0.1, 0.15) is 6.33 Å². The Kier molecular flexibility index (Phi) is 3.30. The van der Waals surface area contributed by atoms with E-state index in [0.29, 0.717) is 17.9 Å². The van der Waals surface area contributed by atoms with E-state index in [2.05, 4.69) is 40.9 Å². The molecule has 124 valence electrons. The highest BCUT2D eigenvalue weighted by molar-refractivity contribution is 7.08. The molecule has 1 aliphatic carbocycles. The molecule has 2 N–H and O–H groups in total. The van der Waals surface area contributed by atoms with Gasteiger partial charge in [0.2, 0.25) is 11.9 Å². The SMILES string of the molecule is c1cnc(Nc2nc(NC3CC3)c3ncn(-c4ccsc4)c3n2)nc1. The standard InChI is InChI=1S/C16H14N8S/c1-5-17-15(18-6-1)23-16-21-13(20-10-2-3-10)12-14(22-16)24(9-19-12)11-4-7-25-8-11/h1,4-10H,2-3H2,(H2,17,18,20,21,22,23). The number of nitrogens with one attached hydrogen (secondary N) is 2. The van der Waals surface area contributed by atoms with E-state index < -0.39 is 0 Å². The first kappa shape index (κ1) is 14.3. The summed E-state index contributed by atoms with van der Waals surface area (Å²) in [6.45, 7) is 0. The van der Waals surface area contributed by atoms with Crippen molar-refractivity contribution in [3.05, 3.63) is 41.6 Å². The van der Waals surface area contributed by atoms with E-state index in [4.69, 9.17) is 0 Å². The predicted octanol–water partition coefficient (Wildman–Crippen LogP) is 2.98. The highest BCUT2D eigenvalue weighted by atomic mass is 32.1. The van der Waals surface area contributed by atoms with Crippen LogP contribution in [0.1, 0.15) is 12.8 Å². The Morgan fingerprint density at radius 2 is 1.96 bits per heavy atom. The summed E-state index contributed by atoms with van der Waals surface area (Å²) in [6.07, 6.45) is 7.44. The van der Waals surface area contributed by atoms with Crippen LogP contribution >= 0.6 is 11.3 Å². The third-order valence-electron chi connectivity index (χ3n) is 3.89. The average Bonchev–Trinajstić information content (AvgIpc) is 3.10. The molecule has 8 nitrogen and oxygen atoms in total. The second kappa shape index (κ2) is 5.78. The topological polar surface area (TPSA) is 93.4 Å². The minimum atomic E-state index is 0.443. The smallest absolute Gasteiger partial charge is 0.233 e. The molecule has 4 heterocycles. The maximum absolute atomic E-state index is 4.64. The van der Waals surface area contributed by atoms with Crippen LogP contribution in [0.15, 0.2) is 41.6 Å². The van der Waals surface area contributed by atoms with Gasteiger partial charge in [-0.15, -0.1) is 0 Å². The van der Waals surface area contributed by atoms with Gasteiger partial charge in [-0.05, 0) is 30.4 Å². The molecule has 0 amide bonds. The van der Waals surface area contributed by atoms with E-state index in [0.717, 1.165) is 35.5 Å². The van der Waals surface area contributed by atoms with Gasteiger partial charge in [-0.1, -0.05) is 0 Å². The van der Waals surface area contributed by atoms with Crippen LogP contribution in [-0.2, 0) is 0 Å². The van der Waals surface area contributed by atoms with Crippen LogP contribution in [0.4, 0.5) is 17.7 Å². The quantitative estimate of drug-likeness (QED) is 0.571. The maximum Gasteiger partial charge on any atom is 0.233 e. The van der Waals surface area contributed by atoms with Crippen molar-refractivity contribution in [2.24, 2.45) is 0 Å². The second-order valence-electron chi connectivity index (χ2n) is 5.78. The summed E-state index contributed by atoms with van der Waals surface area (Å²) in [5.41, 5.74) is 2.54. The summed E-state index contributed by atoms with van der Waals surface area (Å²) < 4.78 is 1.96. The lowest BCUT2D eigenvalue weighted by atomic mass is 10.4. The first-order valence-electron chi connectivity index (χ1n) is 7.95. The van der Waals surface area contributed by atoms with Crippen LogP contribution in [0, 0.1) is 0 Å². The summed E-state index contributed by atoms with van der Waals surface area (Å²) >= 11 is 1.63. The highest BCUT2D eigenvalue weighted by Gasteiger charge is 2.24. The lowest BCUT2D eigenvalue weighted by Crippen LogP contribution is -2.08. The van der Waals surface area contributed by atoms with Crippen LogP contribution in [0.25, 0.3) is 16.9 Å². The number of anilines is 3. The van der Waals surface area contributed by atoms with E-state index >= 15 is 0 Å². The molecule has 0 aromatic carbocycles. The van der Waals surface area contributed by atoms with Gasteiger partial charge in [0.25, 0.3) is 0 Å². The molecule has 0 aliphatic heterocycles. The molecule has 9 heteroatoms. The van der Waals surface area contributed by atoms with Gasteiger partial charge >= 0.3 is 0 Å². The fourth-order valence-corrected chi connectivity index (χ4v) is 3.15. The zero-order chi connectivity index (χ0) is 16.6. The molecule has 1 saturated carbocycles. The maximum atomic E-state index is 4.64. The van der Waals surface area contributed by atoms with Crippen LogP contribution in [0.5, 0.6) is 0 Å². The number of nitrogens with zero attached hydrogens (tertiary/aromatic N) is 6. The van der Waals surface area contributed by atoms with Gasteiger partial charge in [0, 0.05) is 23.8 Å². The molecule has 0 atom stereocenters. The van der Waals surface area contributed by atoms with Gasteiger partial charge in [-0.25, -0.2) is 15.0 Å². The third kappa shape index (κ3) is 2.78. The van der Waals surface area contributed by atoms with Crippen molar-refractivity contribution in [2.45, 2.75) is 18.9 Å². The minimum Gasteiger partial charge on any atom is -0.365 e. The van der Waals surface area contributed by atoms with Crippen molar-refractivity contribution in [1.82, 2.24) is 29.5 Å². The van der Waals surface area contributed by atoms with Gasteiger partial charge in [-0.3, -0.25) is 9.88 Å². The largest absolute Gasteiger partial charge is 0.365 e. The van der Waals surface area contributed by atoms with Gasteiger partial charge in [0.15, 0.2) is 17.0 Å². The van der Waals surface area contributed by atoms with E-state index in [1.807, 2.05) is 16.0 Å². The van der Waals surface area contributed by atoms with Crippen molar-refractivity contribution < 1.29 is 0 Å². The van der Waals surface area contributed by atoms with Crippen LogP contribution in [0.2, 0.25) is 0 Å². The Bertz CT molecular complexity index is 1010. The summed E-state index contributed by atoms with van der Waals surface area (Å²) in [6, 6.07) is 4.27. The molecule has 1 aliphatic rings. The zero-order valence-corrected chi connectivity index (χ0v) is 13.9. The van der Waals surface area contributed by atoms with Crippen molar-refractivity contribution >= 4 is 40.2 Å². The number of rotatable bonds is 5. The number of thiophene rings is 1. The number of aromatic nitrogens is 6. The first-order valence-corrected chi connectivity index (χ1v) is 8.89. The molecule has 0 radical (unpaired) electrons. The van der Waals surface area contributed by atoms with Gasteiger partial charge < -0.3 is 5.32 Å². The molecule has 0 saturated heterocycles. The monoisotopic (exact) mass is 350 g/mol. The Labute approximate surface area is 147 Å². The van der Waals surface area contributed by atoms with Gasteiger partial charge in [-0.2, -0.15) is 21.3 Å². The number of imidazole rings is 1. The predicted molar refractivity (Wildman–Crippen MR) is 96.5 cm³/mol. The lowest BCUT2D eigenvalue weighted by molar-refractivity contribution is 1.05. The van der Waals surface area contributed by atoms with Crippen molar-refractivity contribution in [3.8, 4) is 5.69 Å². The highest BCUT2D eigenvalue weighted by Crippen LogP contribution is 2.29. The Hall–Kier alpha value is -3.07. The number of hydrogen-bond acceptors (Lipinski definition) is 8. The minimum absolute atomic E-state index is 0.443. The summed E-state index contributed by atoms with van der Waals surface area (Å²) in [4.78, 5) is 22.1. The molecule has 25 heavy (non-hydrogen) atoms. The second-order valence-corrected chi connectivity index (χ2v) is 6.56. The third-order valence-corrected chi connectivity index (χ3v) is 4.56. The Morgan fingerprint density at radius 1 is 1.08 bits per heavy atom. The van der Waals surface area contributed by atoms with Gasteiger partial charge in [0.05, 0.1) is 5.69 Å². The van der Waals surface area contributed by atoms with Crippen molar-refractivity contribution in [2.75, 3.05) is 10.6 Å². The fraction of sp³-hybridized carbons (Fsp3) is 0.188. The molecule has 0 unspecified atom stereocenters. The summed E-state index contributed by atoms with van der Waals surface area (Å²) in [5, 5.41) is 10.6. The molecular weight excluding hydrogens is 336 g/mol. The van der Waals surface area contributed by atoms with Crippen LogP contribution in [-0.4, -0.2) is 35.5 Å². The summed E-state index contributed by atoms with van der Waals surface area (Å²) in [5.74, 6) is 1.64. The Morgan fingerprint density at radius 3 is 2.72 bits per heavy atom. The van der Waals surface area contributed by atoms with E-state index in [-0.39, 0.29) is 0 Å². The average molecular weight is 350 g/mol. The molecule has 5 rings (SSSR count). The lowest BCUT2D eigenvalue weighted by Gasteiger charge is -2.09. The van der Waals surface area contributed by atoms with E-state index in [9.17, 15) is 0 Å². The van der Waals surface area contributed by atoms with E-state index in [1.54, 1.807) is 36.1 Å². The van der Waals surface area contributed by atoms with Crippen molar-refractivity contribution in [3.63, 3.8) is 0 Å². The van der Waals surface area contributed by atoms with Crippen LogP contribution in [0.3, 0.4) is 0 Å². The van der Waals surface area contributed by atoms with Crippen molar-refractivity contribution in [1.29, 1.82) is 0 Å². The Balaban J connectivity index is 1.63. The summed E-state index contributed by atoms with van der Waals surface area (Å²) in [7, 11) is 0. The number of fused-ring (bicyclic) bond motifs is 1. The molecule has 1 fully saturated rings. The molecule has 4 aromatic rings. The molecule has 0 bridgehead atoms. The van der Waals surface area contributed by atoms with Crippen LogP contribution < -0.4 is 10.6 Å². The fourth-order valence-electron chi connectivity index (χ4n) is 2.52.